The van der Waals surface area contributed by atoms with Gasteiger partial charge in [0.15, 0.2) is 6.29 Å². The van der Waals surface area contributed by atoms with E-state index >= 15 is 0 Å². The molecule has 2 bridgehead atoms. The molecule has 1 saturated heterocycles. The summed E-state index contributed by atoms with van der Waals surface area (Å²) in [5.74, 6) is 1.36. The molecule has 3 aliphatic rings. The first-order chi connectivity index (χ1) is 7.83. The van der Waals surface area contributed by atoms with E-state index in [2.05, 4.69) is 34.6 Å². The Labute approximate surface area is 112 Å². The molecule has 0 N–H and O–H groups in total. The minimum absolute atomic E-state index is 0. The molecule has 2 aliphatic carbocycles. The van der Waals surface area contributed by atoms with Crippen LogP contribution in [0.2, 0.25) is 0 Å². The summed E-state index contributed by atoms with van der Waals surface area (Å²) in [5, 5.41) is 0. The third-order valence-corrected chi connectivity index (χ3v) is 6.67. The molecular formula is C16H30O2. The van der Waals surface area contributed by atoms with Crippen LogP contribution in [-0.2, 0) is 9.47 Å². The molecule has 3 rings (SSSR count). The Kier molecular flexibility index (Phi) is 3.15. The third kappa shape index (κ3) is 1.37. The first-order valence-electron chi connectivity index (χ1n) is 7.13. The molecule has 1 spiro atoms. The van der Waals surface area contributed by atoms with Crippen LogP contribution < -0.4 is 0 Å². The zero-order chi connectivity index (χ0) is 12.5. The van der Waals surface area contributed by atoms with E-state index < -0.39 is 0 Å². The van der Waals surface area contributed by atoms with E-state index in [1.807, 2.05) is 0 Å². The Bertz CT molecular complexity index is 338. The van der Waals surface area contributed by atoms with Crippen molar-refractivity contribution in [1.29, 1.82) is 0 Å². The SMILES string of the molecule is C.CC1OCC(C)C2(CC3CCC2(C)C3(C)C)O1. The molecule has 106 valence electrons. The van der Waals surface area contributed by atoms with Gasteiger partial charge in [-0.3, -0.25) is 0 Å². The van der Waals surface area contributed by atoms with Crippen LogP contribution in [0.5, 0.6) is 0 Å². The Balaban J connectivity index is 0.00000120. The van der Waals surface area contributed by atoms with Gasteiger partial charge in [0.25, 0.3) is 0 Å². The number of hydrogen-bond acceptors (Lipinski definition) is 2. The second kappa shape index (κ2) is 3.96. The molecule has 1 aliphatic heterocycles. The lowest BCUT2D eigenvalue weighted by Gasteiger charge is -2.54. The fraction of sp³-hybridized carbons (Fsp3) is 1.00. The van der Waals surface area contributed by atoms with Gasteiger partial charge >= 0.3 is 0 Å². The van der Waals surface area contributed by atoms with Crippen molar-refractivity contribution in [3.8, 4) is 0 Å². The zero-order valence-corrected chi connectivity index (χ0v) is 11.9. The highest BCUT2D eigenvalue weighted by molar-refractivity contribution is 5.20. The minimum atomic E-state index is -0.0295. The van der Waals surface area contributed by atoms with E-state index in [1.54, 1.807) is 0 Å². The molecule has 18 heavy (non-hydrogen) atoms. The lowest BCUT2D eigenvalue weighted by atomic mass is 9.60. The van der Waals surface area contributed by atoms with Gasteiger partial charge in [-0.2, -0.15) is 0 Å². The highest BCUT2D eigenvalue weighted by Gasteiger charge is 2.71. The molecule has 2 saturated carbocycles. The van der Waals surface area contributed by atoms with Crippen molar-refractivity contribution >= 4 is 0 Å². The fourth-order valence-electron chi connectivity index (χ4n) is 5.09. The molecular weight excluding hydrogens is 224 g/mol. The highest BCUT2D eigenvalue weighted by Crippen LogP contribution is 2.73. The molecule has 0 aromatic rings. The molecule has 2 nitrogen and oxygen atoms in total. The fourth-order valence-corrected chi connectivity index (χ4v) is 5.09. The van der Waals surface area contributed by atoms with E-state index in [0.29, 0.717) is 16.7 Å². The summed E-state index contributed by atoms with van der Waals surface area (Å²) < 4.78 is 12.1. The normalized spacial score (nSPS) is 53.5. The Morgan fingerprint density at radius 2 is 1.78 bits per heavy atom. The predicted octanol–water partition coefficient (Wildman–Crippen LogP) is 4.24. The molecule has 2 heteroatoms. The van der Waals surface area contributed by atoms with Gasteiger partial charge in [0.2, 0.25) is 0 Å². The molecule has 5 atom stereocenters. The summed E-state index contributed by atoms with van der Waals surface area (Å²) in [6, 6.07) is 0. The van der Waals surface area contributed by atoms with Crippen LogP contribution in [0, 0.1) is 22.7 Å². The number of hydrogen-bond donors (Lipinski definition) is 0. The summed E-state index contributed by atoms with van der Waals surface area (Å²) in [7, 11) is 0. The van der Waals surface area contributed by atoms with E-state index in [0.717, 1.165) is 12.5 Å². The first kappa shape index (κ1) is 14.3. The average molecular weight is 254 g/mol. The van der Waals surface area contributed by atoms with Crippen molar-refractivity contribution in [3.05, 3.63) is 0 Å². The maximum Gasteiger partial charge on any atom is 0.155 e. The summed E-state index contributed by atoms with van der Waals surface area (Å²) >= 11 is 0. The maximum atomic E-state index is 6.40. The molecule has 1 heterocycles. The third-order valence-electron chi connectivity index (χ3n) is 6.67. The summed E-state index contributed by atoms with van der Waals surface area (Å²) in [4.78, 5) is 0. The number of rotatable bonds is 0. The quantitative estimate of drug-likeness (QED) is 0.644. The summed E-state index contributed by atoms with van der Waals surface area (Å²) in [5.41, 5.74) is 0.803. The lowest BCUT2D eigenvalue weighted by molar-refractivity contribution is -0.308. The van der Waals surface area contributed by atoms with Crippen molar-refractivity contribution in [2.75, 3.05) is 6.61 Å². The smallest absolute Gasteiger partial charge is 0.155 e. The van der Waals surface area contributed by atoms with Crippen molar-refractivity contribution in [3.63, 3.8) is 0 Å². The monoisotopic (exact) mass is 254 g/mol. The highest BCUT2D eigenvalue weighted by atomic mass is 16.7. The van der Waals surface area contributed by atoms with Gasteiger partial charge in [0, 0.05) is 11.3 Å². The van der Waals surface area contributed by atoms with Gasteiger partial charge in [-0.25, -0.2) is 0 Å². The van der Waals surface area contributed by atoms with Crippen LogP contribution in [0.1, 0.15) is 61.3 Å². The van der Waals surface area contributed by atoms with Crippen molar-refractivity contribution < 1.29 is 9.47 Å². The molecule has 0 aromatic heterocycles. The second-order valence-electron chi connectivity index (χ2n) is 7.30. The number of ether oxygens (including phenoxy) is 2. The lowest BCUT2D eigenvalue weighted by Crippen LogP contribution is -2.58. The van der Waals surface area contributed by atoms with Crippen LogP contribution in [0.15, 0.2) is 0 Å². The maximum absolute atomic E-state index is 6.40. The van der Waals surface area contributed by atoms with E-state index in [-0.39, 0.29) is 19.3 Å². The predicted molar refractivity (Wildman–Crippen MR) is 74.4 cm³/mol. The minimum Gasteiger partial charge on any atom is -0.353 e. The molecule has 3 fully saturated rings. The van der Waals surface area contributed by atoms with Crippen molar-refractivity contribution in [2.45, 2.75) is 73.2 Å². The van der Waals surface area contributed by atoms with Gasteiger partial charge < -0.3 is 9.47 Å². The molecule has 0 aromatic carbocycles. The van der Waals surface area contributed by atoms with Gasteiger partial charge in [-0.05, 0) is 37.5 Å². The Morgan fingerprint density at radius 3 is 2.28 bits per heavy atom. The van der Waals surface area contributed by atoms with Crippen LogP contribution >= 0.6 is 0 Å². The first-order valence-corrected chi connectivity index (χ1v) is 7.13. The van der Waals surface area contributed by atoms with Crippen LogP contribution in [0.25, 0.3) is 0 Å². The van der Waals surface area contributed by atoms with Crippen molar-refractivity contribution in [2.24, 2.45) is 22.7 Å². The number of fused-ring (bicyclic) bond motifs is 3. The van der Waals surface area contributed by atoms with E-state index in [4.69, 9.17) is 9.47 Å². The molecule has 5 unspecified atom stereocenters. The topological polar surface area (TPSA) is 18.5 Å². The van der Waals surface area contributed by atoms with E-state index in [9.17, 15) is 0 Å². The average Bonchev–Trinajstić information content (AvgIpc) is 2.56. The van der Waals surface area contributed by atoms with Gasteiger partial charge in [-0.15, -0.1) is 0 Å². The zero-order valence-electron chi connectivity index (χ0n) is 11.9. The van der Waals surface area contributed by atoms with Crippen LogP contribution in [-0.4, -0.2) is 18.5 Å². The van der Waals surface area contributed by atoms with Crippen LogP contribution in [0.3, 0.4) is 0 Å². The van der Waals surface area contributed by atoms with Crippen molar-refractivity contribution in [1.82, 2.24) is 0 Å². The summed E-state index contributed by atoms with van der Waals surface area (Å²) in [6.07, 6.45) is 3.92. The standard InChI is InChI=1S/C15H26O2.CH4/c1-10-9-16-11(2)17-15(10)8-12-6-7-14(15,5)13(12,3)4;/h10-12H,6-9H2,1-5H3;1H4. The van der Waals surface area contributed by atoms with Crippen LogP contribution in [0.4, 0.5) is 0 Å². The van der Waals surface area contributed by atoms with Gasteiger partial charge in [-0.1, -0.05) is 35.1 Å². The summed E-state index contributed by atoms with van der Waals surface area (Å²) in [6.45, 7) is 12.6. The van der Waals surface area contributed by atoms with Gasteiger partial charge in [0.1, 0.15) is 0 Å². The van der Waals surface area contributed by atoms with E-state index in [1.165, 1.54) is 19.3 Å². The molecule has 0 amide bonds. The molecule has 0 radical (unpaired) electrons. The Hall–Kier alpha value is -0.0800. The Morgan fingerprint density at radius 1 is 1.11 bits per heavy atom. The largest absolute Gasteiger partial charge is 0.353 e. The second-order valence-corrected chi connectivity index (χ2v) is 7.30. The van der Waals surface area contributed by atoms with Gasteiger partial charge in [0.05, 0.1) is 12.2 Å².